The summed E-state index contributed by atoms with van der Waals surface area (Å²) < 4.78 is 1.35. The molecule has 0 unspecified atom stereocenters. The van der Waals surface area contributed by atoms with Crippen molar-refractivity contribution in [1.82, 2.24) is 20.2 Å². The van der Waals surface area contributed by atoms with Crippen molar-refractivity contribution in [1.29, 1.82) is 0 Å². The van der Waals surface area contributed by atoms with Gasteiger partial charge in [-0.1, -0.05) is 0 Å². The Balaban J connectivity index is 2.52. The topological polar surface area (TPSA) is 107 Å². The van der Waals surface area contributed by atoms with Crippen molar-refractivity contribution in [2.24, 2.45) is 5.73 Å². The van der Waals surface area contributed by atoms with Crippen molar-refractivity contribution in [3.05, 3.63) is 30.1 Å². The number of aromatic nitrogens is 4. The lowest BCUT2D eigenvalue weighted by molar-refractivity contribution is 0.0997. The lowest BCUT2D eigenvalue weighted by Gasteiger charge is -2.03. The van der Waals surface area contributed by atoms with Crippen LogP contribution in [0, 0.1) is 0 Å². The molecule has 2 aromatic rings. The fourth-order valence-corrected chi connectivity index (χ4v) is 1.14. The second kappa shape index (κ2) is 3.37. The number of carbonyl (C=O) groups is 1. The number of tetrazole rings is 1. The Kier molecular flexibility index (Phi) is 2.05. The van der Waals surface area contributed by atoms with Crippen LogP contribution in [-0.4, -0.2) is 31.2 Å². The van der Waals surface area contributed by atoms with Crippen molar-refractivity contribution in [2.45, 2.75) is 0 Å². The Morgan fingerprint density at radius 3 is 2.87 bits per heavy atom. The van der Waals surface area contributed by atoms with Crippen molar-refractivity contribution in [2.75, 3.05) is 0 Å². The number of hydrogen-bond acceptors (Lipinski definition) is 5. The van der Waals surface area contributed by atoms with Gasteiger partial charge in [-0.15, -0.1) is 5.10 Å². The van der Waals surface area contributed by atoms with Gasteiger partial charge in [0.1, 0.15) is 12.1 Å². The van der Waals surface area contributed by atoms with Gasteiger partial charge in [-0.05, 0) is 28.6 Å². The van der Waals surface area contributed by atoms with Crippen molar-refractivity contribution in [3.8, 4) is 11.4 Å². The lowest BCUT2D eigenvalue weighted by atomic mass is 10.1. The van der Waals surface area contributed by atoms with Crippen LogP contribution in [0.5, 0.6) is 5.75 Å². The first-order valence-electron chi connectivity index (χ1n) is 4.04. The van der Waals surface area contributed by atoms with E-state index in [1.807, 2.05) is 0 Å². The first kappa shape index (κ1) is 9.13. The van der Waals surface area contributed by atoms with Gasteiger partial charge in [0, 0.05) is 0 Å². The minimum absolute atomic E-state index is 0.0306. The number of primary amides is 1. The first-order valence-corrected chi connectivity index (χ1v) is 4.04. The number of benzene rings is 1. The standard InChI is InChI=1S/C8H7N5O2/c9-8(15)6-3-5(1-2-7(6)14)13-4-10-11-12-13/h1-4,14H,(H2,9,15). The van der Waals surface area contributed by atoms with Crippen LogP contribution in [0.2, 0.25) is 0 Å². The zero-order valence-electron chi connectivity index (χ0n) is 7.53. The fourth-order valence-electron chi connectivity index (χ4n) is 1.14. The molecule has 0 aliphatic carbocycles. The molecule has 0 bridgehead atoms. The largest absolute Gasteiger partial charge is 0.507 e. The van der Waals surface area contributed by atoms with Gasteiger partial charge in [0.25, 0.3) is 5.91 Å². The van der Waals surface area contributed by atoms with Crippen LogP contribution in [0.3, 0.4) is 0 Å². The summed E-state index contributed by atoms with van der Waals surface area (Å²) in [6, 6.07) is 4.34. The van der Waals surface area contributed by atoms with Crippen LogP contribution < -0.4 is 5.73 Å². The molecule has 1 amide bonds. The van der Waals surface area contributed by atoms with E-state index in [0.29, 0.717) is 5.69 Å². The zero-order chi connectivity index (χ0) is 10.8. The molecule has 0 fully saturated rings. The van der Waals surface area contributed by atoms with Crippen LogP contribution in [-0.2, 0) is 0 Å². The second-order valence-corrected chi connectivity index (χ2v) is 2.82. The number of carbonyl (C=O) groups excluding carboxylic acids is 1. The monoisotopic (exact) mass is 205 g/mol. The highest BCUT2D eigenvalue weighted by molar-refractivity contribution is 5.96. The minimum Gasteiger partial charge on any atom is -0.507 e. The predicted molar refractivity (Wildman–Crippen MR) is 49.3 cm³/mol. The van der Waals surface area contributed by atoms with E-state index in [2.05, 4.69) is 15.5 Å². The third-order valence-corrected chi connectivity index (χ3v) is 1.86. The maximum atomic E-state index is 10.9. The molecule has 0 aliphatic heterocycles. The van der Waals surface area contributed by atoms with Gasteiger partial charge in [-0.2, -0.15) is 0 Å². The predicted octanol–water partition coefficient (Wildman–Crippen LogP) is -0.533. The number of phenols is 1. The molecule has 0 radical (unpaired) electrons. The lowest BCUT2D eigenvalue weighted by Crippen LogP contribution is -2.11. The maximum absolute atomic E-state index is 10.9. The maximum Gasteiger partial charge on any atom is 0.252 e. The number of aromatic hydroxyl groups is 1. The SMILES string of the molecule is NC(=O)c1cc(-n2cnnn2)ccc1O. The van der Waals surface area contributed by atoms with E-state index in [1.54, 1.807) is 6.07 Å². The van der Waals surface area contributed by atoms with E-state index in [9.17, 15) is 9.90 Å². The van der Waals surface area contributed by atoms with E-state index >= 15 is 0 Å². The highest BCUT2D eigenvalue weighted by Gasteiger charge is 2.09. The summed E-state index contributed by atoms with van der Waals surface area (Å²) in [5.74, 6) is -0.873. The molecule has 1 heterocycles. The number of nitrogens with two attached hydrogens (primary N) is 1. The van der Waals surface area contributed by atoms with Gasteiger partial charge in [0.15, 0.2) is 0 Å². The molecular formula is C8H7N5O2. The summed E-state index contributed by atoms with van der Waals surface area (Å²) in [4.78, 5) is 10.9. The number of hydrogen-bond donors (Lipinski definition) is 2. The Morgan fingerprint density at radius 1 is 1.47 bits per heavy atom. The zero-order valence-corrected chi connectivity index (χ0v) is 7.53. The summed E-state index contributed by atoms with van der Waals surface area (Å²) in [7, 11) is 0. The smallest absolute Gasteiger partial charge is 0.252 e. The summed E-state index contributed by atoms with van der Waals surface area (Å²) in [5, 5.41) is 19.9. The fraction of sp³-hybridized carbons (Fsp3) is 0. The second-order valence-electron chi connectivity index (χ2n) is 2.82. The normalized spacial score (nSPS) is 10.1. The Labute approximate surface area is 84.1 Å². The van der Waals surface area contributed by atoms with Gasteiger partial charge in [0.2, 0.25) is 0 Å². The molecule has 1 aromatic carbocycles. The van der Waals surface area contributed by atoms with Crippen LogP contribution in [0.4, 0.5) is 0 Å². The molecule has 0 saturated carbocycles. The summed E-state index contributed by atoms with van der Waals surface area (Å²) in [6.45, 7) is 0. The Bertz CT molecular complexity index is 494. The quantitative estimate of drug-likeness (QED) is 0.685. The van der Waals surface area contributed by atoms with Crippen molar-refractivity contribution in [3.63, 3.8) is 0 Å². The highest BCUT2D eigenvalue weighted by Crippen LogP contribution is 2.19. The average Bonchev–Trinajstić information content (AvgIpc) is 2.71. The van der Waals surface area contributed by atoms with Crippen molar-refractivity contribution < 1.29 is 9.90 Å². The molecule has 7 nitrogen and oxygen atoms in total. The molecule has 0 aliphatic rings. The molecule has 0 spiro atoms. The van der Waals surface area contributed by atoms with E-state index in [4.69, 9.17) is 5.73 Å². The highest BCUT2D eigenvalue weighted by atomic mass is 16.3. The van der Waals surface area contributed by atoms with E-state index < -0.39 is 5.91 Å². The van der Waals surface area contributed by atoms with E-state index in [1.165, 1.54) is 23.1 Å². The molecule has 76 valence electrons. The first-order chi connectivity index (χ1) is 7.18. The van der Waals surface area contributed by atoms with Gasteiger partial charge >= 0.3 is 0 Å². The van der Waals surface area contributed by atoms with Crippen molar-refractivity contribution >= 4 is 5.91 Å². The third-order valence-electron chi connectivity index (χ3n) is 1.86. The Hall–Kier alpha value is -2.44. The van der Waals surface area contributed by atoms with Gasteiger partial charge in [-0.25, -0.2) is 4.68 Å². The molecular weight excluding hydrogens is 198 g/mol. The van der Waals surface area contributed by atoms with Gasteiger partial charge in [-0.3, -0.25) is 4.79 Å². The minimum atomic E-state index is -0.706. The third kappa shape index (κ3) is 1.62. The van der Waals surface area contributed by atoms with E-state index in [-0.39, 0.29) is 11.3 Å². The van der Waals surface area contributed by atoms with Gasteiger partial charge < -0.3 is 10.8 Å². The molecule has 1 aromatic heterocycles. The molecule has 0 saturated heterocycles. The summed E-state index contributed by atoms with van der Waals surface area (Å²) in [5.41, 5.74) is 5.66. The molecule has 0 atom stereocenters. The average molecular weight is 205 g/mol. The van der Waals surface area contributed by atoms with Crippen LogP contribution in [0.15, 0.2) is 24.5 Å². The Morgan fingerprint density at radius 2 is 2.27 bits per heavy atom. The van der Waals surface area contributed by atoms with E-state index in [0.717, 1.165) is 0 Å². The molecule has 3 N–H and O–H groups in total. The summed E-state index contributed by atoms with van der Waals surface area (Å²) >= 11 is 0. The van der Waals surface area contributed by atoms with Crippen LogP contribution in [0.25, 0.3) is 5.69 Å². The van der Waals surface area contributed by atoms with Crippen LogP contribution >= 0.6 is 0 Å². The molecule has 15 heavy (non-hydrogen) atoms. The summed E-state index contributed by atoms with van der Waals surface area (Å²) in [6.07, 6.45) is 1.37. The van der Waals surface area contributed by atoms with Gasteiger partial charge in [0.05, 0.1) is 11.3 Å². The number of nitrogens with zero attached hydrogens (tertiary/aromatic N) is 4. The molecule has 7 heteroatoms. The number of rotatable bonds is 2. The molecule has 2 rings (SSSR count). The van der Waals surface area contributed by atoms with Crippen LogP contribution in [0.1, 0.15) is 10.4 Å². The number of amides is 1.